The summed E-state index contributed by atoms with van der Waals surface area (Å²) in [6.45, 7) is 3.33. The van der Waals surface area contributed by atoms with Crippen molar-refractivity contribution in [2.75, 3.05) is 13.2 Å². The number of ether oxygens (including phenoxy) is 1. The first-order chi connectivity index (χ1) is 8.85. The van der Waals surface area contributed by atoms with Gasteiger partial charge in [-0.05, 0) is 32.0 Å². The second kappa shape index (κ2) is 6.21. The molecular formula is C14H19N3O. The lowest BCUT2D eigenvalue weighted by atomic mass is 10.1. The van der Waals surface area contributed by atoms with Crippen LogP contribution in [0.25, 0.3) is 11.3 Å². The van der Waals surface area contributed by atoms with Gasteiger partial charge >= 0.3 is 0 Å². The van der Waals surface area contributed by atoms with Crippen molar-refractivity contribution in [1.82, 2.24) is 9.97 Å². The van der Waals surface area contributed by atoms with Crippen LogP contribution in [0, 0.1) is 0 Å². The van der Waals surface area contributed by atoms with E-state index in [1.165, 1.54) is 0 Å². The van der Waals surface area contributed by atoms with Crippen molar-refractivity contribution in [3.05, 3.63) is 36.3 Å². The highest BCUT2D eigenvalue weighted by Gasteiger charge is 2.08. The molecule has 1 aromatic heterocycles. The molecule has 2 aromatic rings. The highest BCUT2D eigenvalue weighted by Crippen LogP contribution is 2.28. The van der Waals surface area contributed by atoms with Crippen LogP contribution in [0.5, 0.6) is 5.75 Å². The summed E-state index contributed by atoms with van der Waals surface area (Å²) in [4.78, 5) is 7.68. The number of para-hydroxylation sites is 1. The van der Waals surface area contributed by atoms with E-state index in [9.17, 15) is 0 Å². The van der Waals surface area contributed by atoms with E-state index < -0.39 is 0 Å². The van der Waals surface area contributed by atoms with Gasteiger partial charge in [-0.25, -0.2) is 4.98 Å². The van der Waals surface area contributed by atoms with Gasteiger partial charge in [-0.2, -0.15) is 0 Å². The molecule has 3 N–H and O–H groups in total. The highest BCUT2D eigenvalue weighted by molar-refractivity contribution is 5.66. The van der Waals surface area contributed by atoms with Crippen LogP contribution in [0.3, 0.4) is 0 Å². The van der Waals surface area contributed by atoms with Gasteiger partial charge in [0.1, 0.15) is 11.6 Å². The number of H-pyrrole nitrogens is 1. The van der Waals surface area contributed by atoms with Gasteiger partial charge in [-0.3, -0.25) is 0 Å². The van der Waals surface area contributed by atoms with E-state index in [0.717, 1.165) is 35.7 Å². The van der Waals surface area contributed by atoms with Crippen LogP contribution in [0.4, 0.5) is 0 Å². The topological polar surface area (TPSA) is 63.9 Å². The quantitative estimate of drug-likeness (QED) is 0.821. The molecule has 0 bridgehead atoms. The number of aryl methyl sites for hydroxylation is 1. The molecule has 96 valence electrons. The van der Waals surface area contributed by atoms with Gasteiger partial charge in [0.05, 0.1) is 18.5 Å². The Morgan fingerprint density at radius 2 is 2.17 bits per heavy atom. The van der Waals surface area contributed by atoms with Crippen molar-refractivity contribution in [3.8, 4) is 17.0 Å². The summed E-state index contributed by atoms with van der Waals surface area (Å²) in [6, 6.07) is 7.98. The zero-order chi connectivity index (χ0) is 12.8. The molecule has 0 amide bonds. The number of nitrogens with one attached hydrogen (secondary N) is 1. The van der Waals surface area contributed by atoms with Gasteiger partial charge in [0.15, 0.2) is 0 Å². The Bertz CT molecular complexity index is 493. The van der Waals surface area contributed by atoms with E-state index in [1.807, 2.05) is 37.4 Å². The summed E-state index contributed by atoms with van der Waals surface area (Å²) in [5.74, 6) is 1.86. The second-order valence-corrected chi connectivity index (χ2v) is 4.06. The van der Waals surface area contributed by atoms with Crippen molar-refractivity contribution in [1.29, 1.82) is 0 Å². The van der Waals surface area contributed by atoms with Crippen molar-refractivity contribution in [2.24, 2.45) is 5.73 Å². The molecule has 0 atom stereocenters. The predicted molar refractivity (Wildman–Crippen MR) is 72.6 cm³/mol. The van der Waals surface area contributed by atoms with Crippen LogP contribution in [-0.4, -0.2) is 23.1 Å². The van der Waals surface area contributed by atoms with E-state index >= 15 is 0 Å². The minimum absolute atomic E-state index is 0.658. The van der Waals surface area contributed by atoms with Crippen LogP contribution < -0.4 is 10.5 Å². The predicted octanol–water partition coefficient (Wildman–Crippen LogP) is 2.37. The minimum Gasteiger partial charge on any atom is -0.493 e. The molecule has 0 saturated heterocycles. The molecule has 0 radical (unpaired) electrons. The largest absolute Gasteiger partial charge is 0.493 e. The summed E-state index contributed by atoms with van der Waals surface area (Å²) in [6.07, 6.45) is 3.68. The fourth-order valence-electron chi connectivity index (χ4n) is 1.87. The SMILES string of the molecule is CCOc1ccccc1-c1cnc(CCCN)[nH]1. The summed E-state index contributed by atoms with van der Waals surface area (Å²) < 4.78 is 5.61. The van der Waals surface area contributed by atoms with Gasteiger partial charge in [0, 0.05) is 12.0 Å². The van der Waals surface area contributed by atoms with Crippen LogP contribution >= 0.6 is 0 Å². The molecule has 0 spiro atoms. The van der Waals surface area contributed by atoms with Crippen molar-refractivity contribution < 1.29 is 4.74 Å². The summed E-state index contributed by atoms with van der Waals surface area (Å²) in [5.41, 5.74) is 7.54. The van der Waals surface area contributed by atoms with Crippen LogP contribution in [0.15, 0.2) is 30.5 Å². The third kappa shape index (κ3) is 2.90. The Balaban J connectivity index is 2.22. The van der Waals surface area contributed by atoms with Crippen LogP contribution in [-0.2, 0) is 6.42 Å². The maximum Gasteiger partial charge on any atom is 0.128 e. The van der Waals surface area contributed by atoms with Gasteiger partial charge in [-0.15, -0.1) is 0 Å². The monoisotopic (exact) mass is 245 g/mol. The lowest BCUT2D eigenvalue weighted by molar-refractivity contribution is 0.341. The number of nitrogens with two attached hydrogens (primary N) is 1. The van der Waals surface area contributed by atoms with Crippen molar-refractivity contribution in [2.45, 2.75) is 19.8 Å². The summed E-state index contributed by atoms with van der Waals surface area (Å²) in [5, 5.41) is 0. The number of aromatic nitrogens is 2. The summed E-state index contributed by atoms with van der Waals surface area (Å²) in [7, 11) is 0. The van der Waals surface area contributed by atoms with Crippen LogP contribution in [0.2, 0.25) is 0 Å². The Labute approximate surface area is 107 Å². The van der Waals surface area contributed by atoms with Crippen molar-refractivity contribution >= 4 is 0 Å². The molecule has 0 aliphatic carbocycles. The average Bonchev–Trinajstić information content (AvgIpc) is 2.86. The second-order valence-electron chi connectivity index (χ2n) is 4.06. The number of rotatable bonds is 6. The zero-order valence-electron chi connectivity index (χ0n) is 10.6. The highest BCUT2D eigenvalue weighted by atomic mass is 16.5. The molecule has 0 unspecified atom stereocenters. The third-order valence-electron chi connectivity index (χ3n) is 2.72. The Morgan fingerprint density at radius 1 is 1.33 bits per heavy atom. The number of imidazole rings is 1. The normalized spacial score (nSPS) is 10.6. The first kappa shape index (κ1) is 12.6. The number of hydrogen-bond donors (Lipinski definition) is 2. The average molecular weight is 245 g/mol. The van der Waals surface area contributed by atoms with Crippen molar-refractivity contribution in [3.63, 3.8) is 0 Å². The standard InChI is InChI=1S/C14H19N3O/c1-2-18-13-7-4-3-6-11(13)12-10-16-14(17-12)8-5-9-15/h3-4,6-7,10H,2,5,8-9,15H2,1H3,(H,16,17). The molecule has 1 heterocycles. The first-order valence-electron chi connectivity index (χ1n) is 6.31. The Kier molecular flexibility index (Phi) is 4.36. The maximum absolute atomic E-state index is 5.61. The molecule has 4 heteroatoms. The zero-order valence-corrected chi connectivity index (χ0v) is 10.6. The smallest absolute Gasteiger partial charge is 0.128 e. The van der Waals surface area contributed by atoms with Gasteiger partial charge in [0.25, 0.3) is 0 Å². The van der Waals surface area contributed by atoms with Gasteiger partial charge in [0.2, 0.25) is 0 Å². The summed E-state index contributed by atoms with van der Waals surface area (Å²) >= 11 is 0. The van der Waals surface area contributed by atoms with E-state index in [-0.39, 0.29) is 0 Å². The Morgan fingerprint density at radius 3 is 2.94 bits per heavy atom. The number of hydrogen-bond acceptors (Lipinski definition) is 3. The lowest BCUT2D eigenvalue weighted by Gasteiger charge is -2.07. The Hall–Kier alpha value is -1.81. The molecule has 4 nitrogen and oxygen atoms in total. The van der Waals surface area contributed by atoms with E-state index in [1.54, 1.807) is 0 Å². The molecule has 0 aliphatic heterocycles. The third-order valence-corrected chi connectivity index (χ3v) is 2.72. The molecule has 18 heavy (non-hydrogen) atoms. The minimum atomic E-state index is 0.658. The molecule has 0 fully saturated rings. The molecule has 2 rings (SSSR count). The lowest BCUT2D eigenvalue weighted by Crippen LogP contribution is -2.01. The fraction of sp³-hybridized carbons (Fsp3) is 0.357. The number of benzene rings is 1. The molecule has 1 aromatic carbocycles. The fourth-order valence-corrected chi connectivity index (χ4v) is 1.87. The molecular weight excluding hydrogens is 226 g/mol. The molecule has 0 aliphatic rings. The van der Waals surface area contributed by atoms with E-state index in [0.29, 0.717) is 13.2 Å². The van der Waals surface area contributed by atoms with Gasteiger partial charge in [-0.1, -0.05) is 12.1 Å². The van der Waals surface area contributed by atoms with E-state index in [4.69, 9.17) is 10.5 Å². The van der Waals surface area contributed by atoms with Gasteiger partial charge < -0.3 is 15.5 Å². The number of nitrogens with zero attached hydrogens (tertiary/aromatic N) is 1. The first-order valence-corrected chi connectivity index (χ1v) is 6.31. The maximum atomic E-state index is 5.61. The van der Waals surface area contributed by atoms with E-state index in [2.05, 4.69) is 9.97 Å². The molecule has 0 saturated carbocycles. The van der Waals surface area contributed by atoms with Crippen LogP contribution in [0.1, 0.15) is 19.2 Å². The number of aromatic amines is 1.